The summed E-state index contributed by atoms with van der Waals surface area (Å²) in [6, 6.07) is 7.62. The molecule has 2 rings (SSSR count). The number of aliphatic hydroxyl groups is 1. The molecule has 1 heterocycles. The molecule has 1 saturated heterocycles. The van der Waals surface area contributed by atoms with E-state index in [1.807, 2.05) is 36.2 Å². The number of β-amino-alcohol motifs (C(OH)–C–C–N with tert-alkyl or cyclic N) is 1. The number of aliphatic hydroxyl groups excluding tert-OH is 1. The highest BCUT2D eigenvalue weighted by Gasteiger charge is 2.29. The molecule has 0 bridgehead atoms. The minimum absolute atomic E-state index is 0.0467. The van der Waals surface area contributed by atoms with E-state index in [1.54, 1.807) is 0 Å². The molecule has 0 aliphatic carbocycles. The number of likely N-dealkylation sites (N-methyl/N-ethyl adjacent to an activating group) is 1. The molecule has 5 heteroatoms. The summed E-state index contributed by atoms with van der Waals surface area (Å²) in [5, 5.41) is 9.33. The van der Waals surface area contributed by atoms with Crippen LogP contribution in [0, 0.1) is 0 Å². The average Bonchev–Trinajstić information content (AvgIpc) is 2.41. The molecule has 110 valence electrons. The zero-order chi connectivity index (χ0) is 14.7. The Morgan fingerprint density at radius 2 is 2.05 bits per heavy atom. The van der Waals surface area contributed by atoms with Crippen LogP contribution in [0.4, 0.5) is 0 Å². The minimum atomic E-state index is -0.194. The highest BCUT2D eigenvalue weighted by atomic mass is 79.9. The van der Waals surface area contributed by atoms with Crippen LogP contribution in [0.5, 0.6) is 0 Å². The van der Waals surface area contributed by atoms with Gasteiger partial charge in [-0.3, -0.25) is 9.69 Å². The summed E-state index contributed by atoms with van der Waals surface area (Å²) in [6.45, 7) is 4.35. The number of nitrogens with zero attached hydrogens (tertiary/aromatic N) is 2. The smallest absolute Gasteiger partial charge is 0.253 e. The van der Waals surface area contributed by atoms with Crippen molar-refractivity contribution < 1.29 is 9.90 Å². The number of hydrogen-bond acceptors (Lipinski definition) is 3. The van der Waals surface area contributed by atoms with Gasteiger partial charge in [0, 0.05) is 42.8 Å². The SMILES string of the molecule is CC[C@@H](CN1CC(O)C1)N(C)C(=O)c1ccc(Br)cc1. The second kappa shape index (κ2) is 6.70. The Bertz CT molecular complexity index is 457. The van der Waals surface area contributed by atoms with Crippen LogP contribution in [-0.4, -0.2) is 59.6 Å². The molecule has 20 heavy (non-hydrogen) atoms. The minimum Gasteiger partial charge on any atom is -0.390 e. The number of benzene rings is 1. The Labute approximate surface area is 128 Å². The standard InChI is InChI=1S/C15H21BrN2O2/c1-3-13(8-18-9-14(19)10-18)17(2)15(20)11-4-6-12(16)7-5-11/h4-7,13-14,19H,3,8-10H2,1-2H3/t13-/m0/s1. The van der Waals surface area contributed by atoms with E-state index in [9.17, 15) is 9.90 Å². The highest BCUT2D eigenvalue weighted by molar-refractivity contribution is 9.10. The molecule has 0 spiro atoms. The Kier molecular flexibility index (Phi) is 5.18. The van der Waals surface area contributed by atoms with Crippen molar-refractivity contribution >= 4 is 21.8 Å². The summed E-state index contributed by atoms with van der Waals surface area (Å²) in [5.41, 5.74) is 0.706. The lowest BCUT2D eigenvalue weighted by Gasteiger charge is -2.40. The van der Waals surface area contributed by atoms with E-state index in [4.69, 9.17) is 0 Å². The van der Waals surface area contributed by atoms with Gasteiger partial charge in [0.05, 0.1) is 6.10 Å². The van der Waals surface area contributed by atoms with Crippen molar-refractivity contribution in [1.82, 2.24) is 9.80 Å². The van der Waals surface area contributed by atoms with Crippen molar-refractivity contribution in [3.05, 3.63) is 34.3 Å². The summed E-state index contributed by atoms with van der Waals surface area (Å²) in [7, 11) is 1.86. The molecule has 0 radical (unpaired) electrons. The molecular weight excluding hydrogens is 320 g/mol. The van der Waals surface area contributed by atoms with Crippen LogP contribution in [0.1, 0.15) is 23.7 Å². The normalized spacial score (nSPS) is 17.6. The number of likely N-dealkylation sites (tertiary alicyclic amines) is 1. The van der Waals surface area contributed by atoms with Gasteiger partial charge in [-0.1, -0.05) is 22.9 Å². The fraction of sp³-hybridized carbons (Fsp3) is 0.533. The van der Waals surface area contributed by atoms with E-state index in [-0.39, 0.29) is 18.1 Å². The topological polar surface area (TPSA) is 43.8 Å². The van der Waals surface area contributed by atoms with Crippen LogP contribution in [0.15, 0.2) is 28.7 Å². The number of rotatable bonds is 5. The van der Waals surface area contributed by atoms with Gasteiger partial charge in [0.1, 0.15) is 0 Å². The summed E-state index contributed by atoms with van der Waals surface area (Å²) in [4.78, 5) is 16.4. The maximum Gasteiger partial charge on any atom is 0.253 e. The van der Waals surface area contributed by atoms with E-state index < -0.39 is 0 Å². The zero-order valence-corrected chi connectivity index (χ0v) is 13.5. The summed E-state index contributed by atoms with van der Waals surface area (Å²) < 4.78 is 0.971. The molecule has 1 aromatic carbocycles. The second-order valence-electron chi connectivity index (χ2n) is 5.36. The number of amides is 1. The van der Waals surface area contributed by atoms with Crippen molar-refractivity contribution in [2.75, 3.05) is 26.7 Å². The molecule has 1 atom stereocenters. The van der Waals surface area contributed by atoms with Crippen LogP contribution < -0.4 is 0 Å². The lowest BCUT2D eigenvalue weighted by atomic mass is 10.1. The molecule has 0 aromatic heterocycles. The van der Waals surface area contributed by atoms with Gasteiger partial charge in [-0.05, 0) is 30.7 Å². The van der Waals surface area contributed by atoms with Gasteiger partial charge >= 0.3 is 0 Å². The molecule has 1 aliphatic rings. The van der Waals surface area contributed by atoms with Gasteiger partial charge < -0.3 is 10.0 Å². The summed E-state index contributed by atoms with van der Waals surface area (Å²) in [5.74, 6) is 0.0467. The van der Waals surface area contributed by atoms with E-state index in [1.165, 1.54) is 0 Å². The fourth-order valence-electron chi connectivity index (χ4n) is 2.48. The van der Waals surface area contributed by atoms with E-state index in [2.05, 4.69) is 27.8 Å². The third-order valence-corrected chi connectivity index (χ3v) is 4.37. The predicted molar refractivity (Wildman–Crippen MR) is 82.8 cm³/mol. The third-order valence-electron chi connectivity index (χ3n) is 3.84. The van der Waals surface area contributed by atoms with Crippen LogP contribution in [0.3, 0.4) is 0 Å². The molecule has 1 amide bonds. The van der Waals surface area contributed by atoms with Gasteiger partial charge in [0.25, 0.3) is 5.91 Å². The van der Waals surface area contributed by atoms with Gasteiger partial charge in [-0.15, -0.1) is 0 Å². The first-order valence-electron chi connectivity index (χ1n) is 6.94. The molecule has 1 N–H and O–H groups in total. The van der Waals surface area contributed by atoms with Crippen molar-refractivity contribution in [3.8, 4) is 0 Å². The van der Waals surface area contributed by atoms with Crippen LogP contribution in [-0.2, 0) is 0 Å². The fourth-order valence-corrected chi connectivity index (χ4v) is 2.74. The van der Waals surface area contributed by atoms with Crippen molar-refractivity contribution in [2.45, 2.75) is 25.5 Å². The van der Waals surface area contributed by atoms with Crippen molar-refractivity contribution in [3.63, 3.8) is 0 Å². The monoisotopic (exact) mass is 340 g/mol. The zero-order valence-electron chi connectivity index (χ0n) is 11.9. The second-order valence-corrected chi connectivity index (χ2v) is 6.27. The molecule has 1 fully saturated rings. The third kappa shape index (κ3) is 3.59. The van der Waals surface area contributed by atoms with Crippen LogP contribution >= 0.6 is 15.9 Å². The first-order valence-corrected chi connectivity index (χ1v) is 7.73. The van der Waals surface area contributed by atoms with Gasteiger partial charge in [0.15, 0.2) is 0 Å². The Hall–Kier alpha value is -0.910. The lowest BCUT2D eigenvalue weighted by molar-refractivity contribution is -0.0108. The average molecular weight is 341 g/mol. The van der Waals surface area contributed by atoms with Crippen LogP contribution in [0.2, 0.25) is 0 Å². The van der Waals surface area contributed by atoms with Gasteiger partial charge in [-0.2, -0.15) is 0 Å². The number of hydrogen-bond donors (Lipinski definition) is 1. The summed E-state index contributed by atoms with van der Waals surface area (Å²) in [6.07, 6.45) is 0.714. The van der Waals surface area contributed by atoms with E-state index in [0.717, 1.165) is 30.5 Å². The number of halogens is 1. The molecule has 1 aromatic rings. The Balaban J connectivity index is 1.98. The lowest BCUT2D eigenvalue weighted by Crippen LogP contribution is -2.55. The maximum absolute atomic E-state index is 12.5. The largest absolute Gasteiger partial charge is 0.390 e. The number of carbonyl (C=O) groups excluding carboxylic acids is 1. The van der Waals surface area contributed by atoms with Gasteiger partial charge in [-0.25, -0.2) is 0 Å². The van der Waals surface area contributed by atoms with E-state index >= 15 is 0 Å². The maximum atomic E-state index is 12.5. The van der Waals surface area contributed by atoms with Crippen LogP contribution in [0.25, 0.3) is 0 Å². The molecular formula is C15H21BrN2O2. The number of carbonyl (C=O) groups is 1. The molecule has 0 saturated carbocycles. The summed E-state index contributed by atoms with van der Waals surface area (Å²) >= 11 is 3.37. The highest BCUT2D eigenvalue weighted by Crippen LogP contribution is 2.16. The molecule has 1 aliphatic heterocycles. The van der Waals surface area contributed by atoms with E-state index in [0.29, 0.717) is 5.56 Å². The molecule has 0 unspecified atom stereocenters. The first kappa shape index (κ1) is 15.5. The van der Waals surface area contributed by atoms with Crippen molar-refractivity contribution in [2.24, 2.45) is 0 Å². The molecule has 4 nitrogen and oxygen atoms in total. The Morgan fingerprint density at radius 1 is 1.45 bits per heavy atom. The first-order chi connectivity index (χ1) is 9.51. The van der Waals surface area contributed by atoms with Crippen molar-refractivity contribution in [1.29, 1.82) is 0 Å². The predicted octanol–water partition coefficient (Wildman–Crippen LogP) is 1.98. The quantitative estimate of drug-likeness (QED) is 0.891. The Morgan fingerprint density at radius 3 is 2.55 bits per heavy atom. The van der Waals surface area contributed by atoms with Gasteiger partial charge in [0.2, 0.25) is 0 Å².